The van der Waals surface area contributed by atoms with Crippen molar-refractivity contribution in [1.82, 2.24) is 15.6 Å². The highest BCUT2D eigenvalue weighted by Gasteiger charge is 2.10. The van der Waals surface area contributed by atoms with Crippen LogP contribution in [-0.4, -0.2) is 40.6 Å². The molecule has 30 heavy (non-hydrogen) atoms. The van der Waals surface area contributed by atoms with E-state index in [1.807, 2.05) is 31.2 Å². The Bertz CT molecular complexity index is 1010. The summed E-state index contributed by atoms with van der Waals surface area (Å²) in [6.45, 7) is 4.98. The number of benzene rings is 2. The predicted octanol–water partition coefficient (Wildman–Crippen LogP) is 3.73. The highest BCUT2D eigenvalue weighted by Crippen LogP contribution is 2.26. The Morgan fingerprint density at radius 3 is 2.70 bits per heavy atom. The van der Waals surface area contributed by atoms with Crippen LogP contribution < -0.4 is 14.9 Å². The molecule has 0 aliphatic rings. The number of aromatic nitrogens is 2. The smallest absolute Gasteiger partial charge is 0.289 e. The molecule has 0 aliphatic heterocycles. The van der Waals surface area contributed by atoms with Crippen LogP contribution in [0.4, 0.5) is 0 Å². The molecule has 0 atom stereocenters. The van der Waals surface area contributed by atoms with Crippen molar-refractivity contribution in [3.63, 3.8) is 0 Å². The molecule has 0 radical (unpaired) electrons. The van der Waals surface area contributed by atoms with Crippen LogP contribution in [0.1, 0.15) is 36.3 Å². The van der Waals surface area contributed by atoms with Crippen LogP contribution in [0, 0.1) is 0 Å². The Balaban J connectivity index is 1.61. The topological polar surface area (TPSA) is 109 Å². The van der Waals surface area contributed by atoms with Crippen molar-refractivity contribution < 1.29 is 19.4 Å². The Kier molecular flexibility index (Phi) is 7.05. The van der Waals surface area contributed by atoms with Gasteiger partial charge in [-0.05, 0) is 67.4 Å². The fourth-order valence-electron chi connectivity index (χ4n) is 2.64. The Labute approximate surface area is 174 Å². The Morgan fingerprint density at radius 2 is 1.97 bits per heavy atom. The summed E-state index contributed by atoms with van der Waals surface area (Å²) in [5, 5.41) is 20.6. The maximum absolute atomic E-state index is 12.3. The van der Waals surface area contributed by atoms with Crippen molar-refractivity contribution in [2.24, 2.45) is 5.10 Å². The van der Waals surface area contributed by atoms with Crippen LogP contribution in [0.5, 0.6) is 17.2 Å². The average Bonchev–Trinajstić information content (AvgIpc) is 3.25. The second kappa shape index (κ2) is 10.1. The lowest BCUT2D eigenvalue weighted by atomic mass is 10.1. The summed E-state index contributed by atoms with van der Waals surface area (Å²) < 4.78 is 10.9. The molecule has 0 unspecified atom stereocenters. The lowest BCUT2D eigenvalue weighted by molar-refractivity contribution is 0.0950. The first-order chi connectivity index (χ1) is 14.6. The van der Waals surface area contributed by atoms with Gasteiger partial charge in [-0.1, -0.05) is 6.92 Å². The molecule has 0 saturated carbocycles. The summed E-state index contributed by atoms with van der Waals surface area (Å²) in [6.07, 6.45) is 2.41. The Morgan fingerprint density at radius 1 is 1.17 bits per heavy atom. The van der Waals surface area contributed by atoms with E-state index in [0.29, 0.717) is 30.2 Å². The number of H-pyrrole nitrogens is 1. The standard InChI is InChI=1S/C22H24N4O4/c1-3-11-30-17-8-6-16(7-9-17)18-13-19(25-24-18)22(28)26-23-14-15-5-10-20(27)21(12-15)29-4-2/h5-10,12-14,27H,3-4,11H2,1-2H3,(H,24,25)(H,26,28). The molecule has 0 saturated heterocycles. The number of aromatic hydroxyl groups is 1. The highest BCUT2D eigenvalue weighted by molar-refractivity contribution is 5.94. The molecule has 0 fully saturated rings. The summed E-state index contributed by atoms with van der Waals surface area (Å²) in [5.74, 6) is 0.784. The second-order valence-electron chi connectivity index (χ2n) is 6.40. The average molecular weight is 408 g/mol. The van der Waals surface area contributed by atoms with Crippen molar-refractivity contribution in [3.8, 4) is 28.5 Å². The van der Waals surface area contributed by atoms with E-state index in [9.17, 15) is 9.90 Å². The summed E-state index contributed by atoms with van der Waals surface area (Å²) in [4.78, 5) is 12.3. The van der Waals surface area contributed by atoms with Crippen LogP contribution in [0.3, 0.4) is 0 Å². The minimum atomic E-state index is -0.420. The van der Waals surface area contributed by atoms with Gasteiger partial charge >= 0.3 is 0 Å². The number of hydrazone groups is 1. The van der Waals surface area contributed by atoms with Gasteiger partial charge in [-0.15, -0.1) is 0 Å². The summed E-state index contributed by atoms with van der Waals surface area (Å²) in [6, 6.07) is 14.0. The van der Waals surface area contributed by atoms with E-state index in [1.54, 1.807) is 18.2 Å². The van der Waals surface area contributed by atoms with Gasteiger partial charge in [0.1, 0.15) is 11.4 Å². The number of nitrogens with zero attached hydrogens (tertiary/aromatic N) is 2. The van der Waals surface area contributed by atoms with Gasteiger partial charge in [-0.3, -0.25) is 9.89 Å². The molecule has 156 valence electrons. The minimum absolute atomic E-state index is 0.0491. The first kappa shape index (κ1) is 20.9. The molecule has 1 aromatic heterocycles. The Hall–Kier alpha value is -3.81. The highest BCUT2D eigenvalue weighted by atomic mass is 16.5. The first-order valence-corrected chi connectivity index (χ1v) is 9.68. The van der Waals surface area contributed by atoms with E-state index >= 15 is 0 Å². The molecule has 3 rings (SSSR count). The van der Waals surface area contributed by atoms with Crippen LogP contribution in [0.25, 0.3) is 11.3 Å². The molecule has 3 aromatic rings. The number of nitrogens with one attached hydrogen (secondary N) is 2. The minimum Gasteiger partial charge on any atom is -0.504 e. The number of aromatic amines is 1. The molecule has 8 nitrogen and oxygen atoms in total. The van der Waals surface area contributed by atoms with E-state index in [-0.39, 0.29) is 11.4 Å². The zero-order chi connectivity index (χ0) is 21.3. The lowest BCUT2D eigenvalue weighted by Crippen LogP contribution is -2.18. The van der Waals surface area contributed by atoms with Crippen molar-refractivity contribution in [2.75, 3.05) is 13.2 Å². The predicted molar refractivity (Wildman–Crippen MR) is 114 cm³/mol. The monoisotopic (exact) mass is 408 g/mol. The molecule has 1 heterocycles. The van der Waals surface area contributed by atoms with Gasteiger partial charge in [0, 0.05) is 5.56 Å². The molecule has 0 bridgehead atoms. The zero-order valence-electron chi connectivity index (χ0n) is 16.9. The fraction of sp³-hybridized carbons (Fsp3) is 0.227. The van der Waals surface area contributed by atoms with Crippen molar-refractivity contribution in [1.29, 1.82) is 0 Å². The number of phenols is 1. The van der Waals surface area contributed by atoms with E-state index in [0.717, 1.165) is 17.7 Å². The van der Waals surface area contributed by atoms with Crippen LogP contribution in [0.15, 0.2) is 53.6 Å². The third-order valence-electron chi connectivity index (χ3n) is 4.11. The molecule has 3 N–H and O–H groups in total. The summed E-state index contributed by atoms with van der Waals surface area (Å²) in [5.41, 5.74) is 4.92. The lowest BCUT2D eigenvalue weighted by Gasteiger charge is -2.05. The third kappa shape index (κ3) is 5.38. The molecule has 2 aromatic carbocycles. The molecular weight excluding hydrogens is 384 g/mol. The number of rotatable bonds is 9. The number of carbonyl (C=O) groups is 1. The van der Waals surface area contributed by atoms with Crippen LogP contribution in [-0.2, 0) is 0 Å². The van der Waals surface area contributed by atoms with Gasteiger partial charge in [0.15, 0.2) is 11.5 Å². The zero-order valence-corrected chi connectivity index (χ0v) is 16.9. The summed E-state index contributed by atoms with van der Waals surface area (Å²) >= 11 is 0. The number of phenolic OH excluding ortho intramolecular Hbond substituents is 1. The number of hydrogen-bond donors (Lipinski definition) is 3. The van der Waals surface area contributed by atoms with Gasteiger partial charge in [0.05, 0.1) is 25.1 Å². The third-order valence-corrected chi connectivity index (χ3v) is 4.11. The van der Waals surface area contributed by atoms with Crippen LogP contribution in [0.2, 0.25) is 0 Å². The maximum Gasteiger partial charge on any atom is 0.289 e. The van der Waals surface area contributed by atoms with Gasteiger partial charge in [0.25, 0.3) is 5.91 Å². The number of hydrogen-bond acceptors (Lipinski definition) is 6. The quantitative estimate of drug-likeness (QED) is 0.369. The largest absolute Gasteiger partial charge is 0.504 e. The van der Waals surface area contributed by atoms with E-state index in [4.69, 9.17) is 9.47 Å². The summed E-state index contributed by atoms with van der Waals surface area (Å²) in [7, 11) is 0. The van der Waals surface area contributed by atoms with Gasteiger partial charge < -0.3 is 14.6 Å². The van der Waals surface area contributed by atoms with E-state index < -0.39 is 5.91 Å². The van der Waals surface area contributed by atoms with E-state index in [1.165, 1.54) is 12.3 Å². The van der Waals surface area contributed by atoms with Gasteiger partial charge in [-0.25, -0.2) is 5.43 Å². The van der Waals surface area contributed by atoms with Crippen molar-refractivity contribution >= 4 is 12.1 Å². The fourth-order valence-corrected chi connectivity index (χ4v) is 2.64. The van der Waals surface area contributed by atoms with Crippen molar-refractivity contribution in [2.45, 2.75) is 20.3 Å². The van der Waals surface area contributed by atoms with E-state index in [2.05, 4.69) is 27.6 Å². The number of ether oxygens (including phenoxy) is 2. The number of carbonyl (C=O) groups excluding carboxylic acids is 1. The van der Waals surface area contributed by atoms with Gasteiger partial charge in [-0.2, -0.15) is 10.2 Å². The number of amides is 1. The second-order valence-corrected chi connectivity index (χ2v) is 6.40. The van der Waals surface area contributed by atoms with Crippen LogP contribution >= 0.6 is 0 Å². The maximum atomic E-state index is 12.3. The van der Waals surface area contributed by atoms with Crippen molar-refractivity contribution in [3.05, 3.63) is 59.8 Å². The molecule has 0 aliphatic carbocycles. The van der Waals surface area contributed by atoms with Gasteiger partial charge in [0.2, 0.25) is 0 Å². The molecular formula is C22H24N4O4. The first-order valence-electron chi connectivity index (χ1n) is 9.68. The molecule has 0 spiro atoms. The molecule has 8 heteroatoms. The molecule has 1 amide bonds. The SMILES string of the molecule is CCCOc1ccc(-c2cc(C(=O)NN=Cc3ccc(O)c(OCC)c3)[nH]n2)cc1. The normalized spacial score (nSPS) is 10.9.